The first-order valence-electron chi connectivity index (χ1n) is 6.18. The second kappa shape index (κ2) is 5.95. The number of hydrogen-bond donors (Lipinski definition) is 1. The van der Waals surface area contributed by atoms with Gasteiger partial charge in [0, 0.05) is 19.6 Å². The third-order valence-electron chi connectivity index (χ3n) is 2.78. The minimum atomic E-state index is 0.0340. The molecule has 0 aromatic carbocycles. The first kappa shape index (κ1) is 12.3. The predicted octanol–water partition coefficient (Wildman–Crippen LogP) is 1.99. The van der Waals surface area contributed by atoms with Gasteiger partial charge in [0.15, 0.2) is 0 Å². The molecule has 0 spiro atoms. The monoisotopic (exact) mass is 254 g/mol. The zero-order chi connectivity index (χ0) is 12.1. The Balaban J connectivity index is 1.96. The normalized spacial score (nSPS) is 15.9. The number of amides is 1. The van der Waals surface area contributed by atoms with E-state index in [1.807, 2.05) is 4.90 Å². The zero-order valence-corrected chi connectivity index (χ0v) is 10.9. The molecule has 2 heterocycles. The second-order valence-electron chi connectivity index (χ2n) is 4.19. The van der Waals surface area contributed by atoms with Crippen LogP contribution in [0.2, 0.25) is 0 Å². The van der Waals surface area contributed by atoms with E-state index in [-0.39, 0.29) is 5.91 Å². The van der Waals surface area contributed by atoms with Gasteiger partial charge in [0.05, 0.1) is 0 Å². The number of piperidine rings is 1. The number of likely N-dealkylation sites (tertiary alicyclic amines) is 1. The van der Waals surface area contributed by atoms with Gasteiger partial charge in [-0.25, -0.2) is 0 Å². The standard InChI is InChI=1S/C11H18N4OS/c1-2-6-12-11-14-13-9(17-11)10(16)15-7-4-3-5-8-15/h2-8H2,1H3,(H,12,14). The maximum Gasteiger partial charge on any atom is 0.284 e. The Hall–Kier alpha value is -1.17. The Labute approximate surface area is 105 Å². The fourth-order valence-electron chi connectivity index (χ4n) is 1.85. The molecule has 1 aliphatic heterocycles. The van der Waals surface area contributed by atoms with Gasteiger partial charge in [-0.05, 0) is 25.7 Å². The van der Waals surface area contributed by atoms with Crippen LogP contribution in [0.25, 0.3) is 0 Å². The van der Waals surface area contributed by atoms with Gasteiger partial charge in [0.1, 0.15) is 0 Å². The van der Waals surface area contributed by atoms with Crippen LogP contribution in [0, 0.1) is 0 Å². The van der Waals surface area contributed by atoms with Gasteiger partial charge in [-0.15, -0.1) is 10.2 Å². The second-order valence-corrected chi connectivity index (χ2v) is 5.17. The summed E-state index contributed by atoms with van der Waals surface area (Å²) in [5, 5.41) is 12.3. The lowest BCUT2D eigenvalue weighted by molar-refractivity contribution is 0.0723. The zero-order valence-electron chi connectivity index (χ0n) is 10.1. The molecule has 5 nitrogen and oxygen atoms in total. The maximum absolute atomic E-state index is 12.1. The van der Waals surface area contributed by atoms with E-state index in [1.54, 1.807) is 0 Å². The third kappa shape index (κ3) is 3.15. The molecule has 0 aliphatic carbocycles. The van der Waals surface area contributed by atoms with Crippen LogP contribution in [0.15, 0.2) is 0 Å². The summed E-state index contributed by atoms with van der Waals surface area (Å²) in [6.45, 7) is 4.67. The van der Waals surface area contributed by atoms with Crippen molar-refractivity contribution in [3.63, 3.8) is 0 Å². The van der Waals surface area contributed by atoms with Gasteiger partial charge in [-0.2, -0.15) is 0 Å². The highest BCUT2D eigenvalue weighted by atomic mass is 32.1. The number of carbonyl (C=O) groups excluding carboxylic acids is 1. The number of nitrogens with zero attached hydrogens (tertiary/aromatic N) is 3. The van der Waals surface area contributed by atoms with Crippen molar-refractivity contribution >= 4 is 22.4 Å². The van der Waals surface area contributed by atoms with Gasteiger partial charge in [0.25, 0.3) is 5.91 Å². The van der Waals surface area contributed by atoms with E-state index in [0.29, 0.717) is 5.01 Å². The summed E-state index contributed by atoms with van der Waals surface area (Å²) in [4.78, 5) is 14.0. The largest absolute Gasteiger partial charge is 0.360 e. The molecule has 0 atom stereocenters. The van der Waals surface area contributed by atoms with Crippen LogP contribution in [0.3, 0.4) is 0 Å². The van der Waals surface area contributed by atoms with Crippen LogP contribution in [0.4, 0.5) is 5.13 Å². The molecule has 2 rings (SSSR count). The van der Waals surface area contributed by atoms with Crippen LogP contribution >= 0.6 is 11.3 Å². The van der Waals surface area contributed by atoms with Crippen LogP contribution < -0.4 is 5.32 Å². The molecular weight excluding hydrogens is 236 g/mol. The Morgan fingerprint density at radius 1 is 1.35 bits per heavy atom. The third-order valence-corrected chi connectivity index (χ3v) is 3.65. The number of anilines is 1. The molecule has 6 heteroatoms. The van der Waals surface area contributed by atoms with Crippen molar-refractivity contribution in [3.05, 3.63) is 5.01 Å². The van der Waals surface area contributed by atoms with Crippen LogP contribution in [-0.4, -0.2) is 40.6 Å². The highest BCUT2D eigenvalue weighted by molar-refractivity contribution is 7.17. The molecule has 0 radical (unpaired) electrons. The molecule has 0 unspecified atom stereocenters. The van der Waals surface area contributed by atoms with E-state index < -0.39 is 0 Å². The summed E-state index contributed by atoms with van der Waals surface area (Å²) in [6.07, 6.45) is 4.47. The van der Waals surface area contributed by atoms with Crippen LogP contribution in [0.5, 0.6) is 0 Å². The highest BCUT2D eigenvalue weighted by Crippen LogP contribution is 2.19. The molecule has 1 saturated heterocycles. The Kier molecular flexibility index (Phi) is 4.30. The molecule has 1 amide bonds. The fourth-order valence-corrected chi connectivity index (χ4v) is 2.58. The Morgan fingerprint density at radius 3 is 2.82 bits per heavy atom. The summed E-state index contributed by atoms with van der Waals surface area (Å²) >= 11 is 1.35. The minimum Gasteiger partial charge on any atom is -0.360 e. The molecular formula is C11H18N4OS. The van der Waals surface area contributed by atoms with E-state index in [9.17, 15) is 4.79 Å². The van der Waals surface area contributed by atoms with Gasteiger partial charge in [0.2, 0.25) is 10.1 Å². The van der Waals surface area contributed by atoms with E-state index in [0.717, 1.165) is 44.0 Å². The van der Waals surface area contributed by atoms with Crippen molar-refractivity contribution in [2.24, 2.45) is 0 Å². The van der Waals surface area contributed by atoms with Gasteiger partial charge < -0.3 is 10.2 Å². The van der Waals surface area contributed by atoms with Crippen molar-refractivity contribution < 1.29 is 4.79 Å². The minimum absolute atomic E-state index is 0.0340. The molecule has 1 N–H and O–H groups in total. The summed E-state index contributed by atoms with van der Waals surface area (Å²) < 4.78 is 0. The lowest BCUT2D eigenvalue weighted by Gasteiger charge is -2.25. The number of carbonyl (C=O) groups is 1. The quantitative estimate of drug-likeness (QED) is 0.892. The van der Waals surface area contributed by atoms with Gasteiger partial charge in [-0.1, -0.05) is 18.3 Å². The summed E-state index contributed by atoms with van der Waals surface area (Å²) in [7, 11) is 0. The Bertz CT molecular complexity index is 373. The van der Waals surface area contributed by atoms with Crippen molar-refractivity contribution in [1.82, 2.24) is 15.1 Å². The number of aromatic nitrogens is 2. The molecule has 0 bridgehead atoms. The molecule has 1 aromatic rings. The molecule has 0 saturated carbocycles. The number of nitrogens with one attached hydrogen (secondary N) is 1. The van der Waals surface area contributed by atoms with E-state index >= 15 is 0 Å². The fraction of sp³-hybridized carbons (Fsp3) is 0.727. The summed E-state index contributed by atoms with van der Waals surface area (Å²) in [5.41, 5.74) is 0. The number of hydrogen-bond acceptors (Lipinski definition) is 5. The molecule has 1 aliphatic rings. The number of rotatable bonds is 4. The average molecular weight is 254 g/mol. The van der Waals surface area contributed by atoms with Crippen LogP contribution in [0.1, 0.15) is 42.4 Å². The summed E-state index contributed by atoms with van der Waals surface area (Å²) in [5.74, 6) is 0.0340. The van der Waals surface area contributed by atoms with E-state index in [4.69, 9.17) is 0 Å². The molecule has 1 aromatic heterocycles. The predicted molar refractivity (Wildman–Crippen MR) is 68.4 cm³/mol. The van der Waals surface area contributed by atoms with E-state index in [1.165, 1.54) is 17.8 Å². The maximum atomic E-state index is 12.1. The first-order chi connectivity index (χ1) is 8.31. The van der Waals surface area contributed by atoms with E-state index in [2.05, 4.69) is 22.4 Å². The summed E-state index contributed by atoms with van der Waals surface area (Å²) in [6, 6.07) is 0. The van der Waals surface area contributed by atoms with Crippen molar-refractivity contribution in [2.45, 2.75) is 32.6 Å². The highest BCUT2D eigenvalue weighted by Gasteiger charge is 2.21. The topological polar surface area (TPSA) is 58.1 Å². The van der Waals surface area contributed by atoms with Crippen molar-refractivity contribution in [1.29, 1.82) is 0 Å². The first-order valence-corrected chi connectivity index (χ1v) is 6.99. The lowest BCUT2D eigenvalue weighted by atomic mass is 10.1. The van der Waals surface area contributed by atoms with Crippen LogP contribution in [-0.2, 0) is 0 Å². The average Bonchev–Trinajstić information content (AvgIpc) is 2.85. The molecule has 1 fully saturated rings. The molecule has 94 valence electrons. The SMILES string of the molecule is CCCNc1nnc(C(=O)N2CCCCC2)s1. The lowest BCUT2D eigenvalue weighted by Crippen LogP contribution is -2.35. The molecule has 17 heavy (non-hydrogen) atoms. The van der Waals surface area contributed by atoms with Crippen molar-refractivity contribution in [2.75, 3.05) is 25.0 Å². The van der Waals surface area contributed by atoms with Gasteiger partial charge >= 0.3 is 0 Å². The van der Waals surface area contributed by atoms with Gasteiger partial charge in [-0.3, -0.25) is 4.79 Å². The smallest absolute Gasteiger partial charge is 0.284 e. The Morgan fingerprint density at radius 2 is 2.12 bits per heavy atom. The van der Waals surface area contributed by atoms with Crippen molar-refractivity contribution in [3.8, 4) is 0 Å².